The molecule has 0 atom stereocenters. The van der Waals surface area contributed by atoms with Crippen molar-refractivity contribution in [3.05, 3.63) is 46.8 Å². The summed E-state index contributed by atoms with van der Waals surface area (Å²) in [5, 5.41) is 4.26. The summed E-state index contributed by atoms with van der Waals surface area (Å²) in [7, 11) is 1.66. The Morgan fingerprint density at radius 3 is 2.44 bits per heavy atom. The third kappa shape index (κ3) is 5.58. The summed E-state index contributed by atoms with van der Waals surface area (Å²) in [5.41, 5.74) is 1.66. The zero-order valence-corrected chi connectivity index (χ0v) is 15.5. The molecule has 0 N–H and O–H groups in total. The van der Waals surface area contributed by atoms with Crippen molar-refractivity contribution in [1.29, 1.82) is 0 Å². The van der Waals surface area contributed by atoms with Crippen LogP contribution in [0.4, 0.5) is 0 Å². The summed E-state index contributed by atoms with van der Waals surface area (Å²) >= 11 is 0. The summed E-state index contributed by atoms with van der Waals surface area (Å²) in [4.78, 5) is 13.9. The maximum atomic E-state index is 11.4. The van der Waals surface area contributed by atoms with E-state index in [0.29, 0.717) is 0 Å². The van der Waals surface area contributed by atoms with E-state index in [0.717, 1.165) is 36.6 Å². The second-order valence-corrected chi connectivity index (χ2v) is 6.31. The van der Waals surface area contributed by atoms with Crippen molar-refractivity contribution in [3.8, 4) is 17.0 Å². The van der Waals surface area contributed by atoms with Gasteiger partial charge in [-0.05, 0) is 62.7 Å². The molecule has 2 aromatic rings. The Morgan fingerprint density at radius 2 is 1.76 bits per heavy atom. The quantitative estimate of drug-likeness (QED) is 0.740. The Bertz CT molecular complexity index is 709. The highest BCUT2D eigenvalue weighted by molar-refractivity contribution is 5.85. The summed E-state index contributed by atoms with van der Waals surface area (Å²) in [6.07, 6.45) is 5.11. The van der Waals surface area contributed by atoms with E-state index in [-0.39, 0.29) is 18.0 Å². The standard InChI is InChI=1S/C19H25N3O2.ClH/c1-21-19(23)11-10-18(20-21)16-6-8-17(9-7-16)24-15-5-14-22-12-3-2-4-13-22;/h6-11H,2-5,12-15H2,1H3;1H. The fourth-order valence-electron chi connectivity index (χ4n) is 3.04. The minimum Gasteiger partial charge on any atom is -0.494 e. The van der Waals surface area contributed by atoms with Gasteiger partial charge in [-0.2, -0.15) is 5.10 Å². The van der Waals surface area contributed by atoms with E-state index < -0.39 is 0 Å². The molecular formula is C19H26ClN3O2. The maximum absolute atomic E-state index is 11.4. The Kier molecular flexibility index (Phi) is 7.47. The smallest absolute Gasteiger partial charge is 0.266 e. The van der Waals surface area contributed by atoms with Crippen LogP contribution in [0.3, 0.4) is 0 Å². The van der Waals surface area contributed by atoms with Crippen LogP contribution in [0, 0.1) is 0 Å². The topological polar surface area (TPSA) is 47.4 Å². The van der Waals surface area contributed by atoms with E-state index in [1.807, 2.05) is 24.3 Å². The van der Waals surface area contributed by atoms with Crippen molar-refractivity contribution in [2.24, 2.45) is 7.05 Å². The van der Waals surface area contributed by atoms with Gasteiger partial charge in [-0.15, -0.1) is 12.4 Å². The molecule has 0 radical (unpaired) electrons. The van der Waals surface area contributed by atoms with Gasteiger partial charge in [0.25, 0.3) is 5.56 Å². The number of rotatable bonds is 6. The minimum absolute atomic E-state index is 0. The highest BCUT2D eigenvalue weighted by atomic mass is 35.5. The first-order valence-electron chi connectivity index (χ1n) is 8.72. The van der Waals surface area contributed by atoms with Crippen LogP contribution in [0.15, 0.2) is 41.2 Å². The van der Waals surface area contributed by atoms with Gasteiger partial charge >= 0.3 is 0 Å². The molecule has 1 aromatic heterocycles. The molecule has 5 nitrogen and oxygen atoms in total. The summed E-state index contributed by atoms with van der Waals surface area (Å²) in [6.45, 7) is 4.34. The van der Waals surface area contributed by atoms with Gasteiger partial charge in [0.2, 0.25) is 0 Å². The molecule has 0 unspecified atom stereocenters. The average Bonchev–Trinajstić information content (AvgIpc) is 2.62. The zero-order chi connectivity index (χ0) is 16.8. The van der Waals surface area contributed by atoms with E-state index in [1.54, 1.807) is 13.1 Å². The molecule has 6 heteroatoms. The molecule has 1 fully saturated rings. The molecule has 2 heterocycles. The minimum atomic E-state index is -0.104. The first kappa shape index (κ1) is 19.5. The van der Waals surface area contributed by atoms with Crippen LogP contribution >= 0.6 is 12.4 Å². The Hall–Kier alpha value is -1.85. The zero-order valence-electron chi connectivity index (χ0n) is 14.7. The number of piperidine rings is 1. The van der Waals surface area contributed by atoms with Crippen molar-refractivity contribution in [2.45, 2.75) is 25.7 Å². The number of halogens is 1. The second-order valence-electron chi connectivity index (χ2n) is 6.31. The number of ether oxygens (including phenoxy) is 1. The molecule has 1 aromatic carbocycles. The number of likely N-dealkylation sites (tertiary alicyclic amines) is 1. The van der Waals surface area contributed by atoms with Crippen molar-refractivity contribution in [2.75, 3.05) is 26.2 Å². The van der Waals surface area contributed by atoms with E-state index in [4.69, 9.17) is 4.74 Å². The first-order chi connectivity index (χ1) is 11.7. The summed E-state index contributed by atoms with van der Waals surface area (Å²) < 4.78 is 7.18. The lowest BCUT2D eigenvalue weighted by molar-refractivity contribution is 0.205. The van der Waals surface area contributed by atoms with Gasteiger partial charge in [-0.1, -0.05) is 6.42 Å². The lowest BCUT2D eigenvalue weighted by atomic mass is 10.1. The van der Waals surface area contributed by atoms with E-state index >= 15 is 0 Å². The van der Waals surface area contributed by atoms with Crippen molar-refractivity contribution < 1.29 is 4.74 Å². The largest absolute Gasteiger partial charge is 0.494 e. The Labute approximate surface area is 155 Å². The molecule has 0 aliphatic carbocycles. The van der Waals surface area contributed by atoms with Crippen LogP contribution in [0.1, 0.15) is 25.7 Å². The molecular weight excluding hydrogens is 338 g/mol. The third-order valence-electron chi connectivity index (χ3n) is 4.45. The number of aryl methyl sites for hydroxylation is 1. The molecule has 0 amide bonds. The number of aromatic nitrogens is 2. The lowest BCUT2D eigenvalue weighted by Gasteiger charge is -2.26. The van der Waals surface area contributed by atoms with Gasteiger partial charge in [-0.25, -0.2) is 4.68 Å². The van der Waals surface area contributed by atoms with Gasteiger partial charge in [0, 0.05) is 25.2 Å². The molecule has 3 rings (SSSR count). The predicted molar refractivity (Wildman–Crippen MR) is 103 cm³/mol. The van der Waals surface area contributed by atoms with Gasteiger partial charge in [0.15, 0.2) is 0 Å². The Morgan fingerprint density at radius 1 is 1.04 bits per heavy atom. The van der Waals surface area contributed by atoms with Gasteiger partial charge in [-0.3, -0.25) is 4.79 Å². The van der Waals surface area contributed by atoms with Crippen LogP contribution in [-0.4, -0.2) is 40.9 Å². The molecule has 1 saturated heterocycles. The molecule has 0 spiro atoms. The van der Waals surface area contributed by atoms with Crippen LogP contribution < -0.4 is 10.3 Å². The highest BCUT2D eigenvalue weighted by Gasteiger charge is 2.09. The predicted octanol–water partition coefficient (Wildman–Crippen LogP) is 3.12. The van der Waals surface area contributed by atoms with Crippen molar-refractivity contribution in [1.82, 2.24) is 14.7 Å². The van der Waals surface area contributed by atoms with Crippen LogP contribution in [0.5, 0.6) is 5.75 Å². The average molecular weight is 364 g/mol. The molecule has 25 heavy (non-hydrogen) atoms. The lowest BCUT2D eigenvalue weighted by Crippen LogP contribution is -2.31. The molecule has 1 aliphatic heterocycles. The molecule has 0 saturated carbocycles. The first-order valence-corrected chi connectivity index (χ1v) is 8.72. The summed E-state index contributed by atoms with van der Waals surface area (Å²) in [6, 6.07) is 11.2. The molecule has 136 valence electrons. The molecule has 1 aliphatic rings. The van der Waals surface area contributed by atoms with Gasteiger partial charge in [0.05, 0.1) is 12.3 Å². The highest BCUT2D eigenvalue weighted by Crippen LogP contribution is 2.20. The number of benzene rings is 1. The van der Waals surface area contributed by atoms with Gasteiger partial charge in [0.1, 0.15) is 5.75 Å². The number of hydrogen-bond donors (Lipinski definition) is 0. The van der Waals surface area contributed by atoms with Crippen LogP contribution in [0.25, 0.3) is 11.3 Å². The number of nitrogens with zero attached hydrogens (tertiary/aromatic N) is 3. The third-order valence-corrected chi connectivity index (χ3v) is 4.45. The fraction of sp³-hybridized carbons (Fsp3) is 0.474. The Balaban J connectivity index is 0.00000225. The van der Waals surface area contributed by atoms with Crippen molar-refractivity contribution >= 4 is 12.4 Å². The van der Waals surface area contributed by atoms with Crippen LogP contribution in [-0.2, 0) is 7.05 Å². The van der Waals surface area contributed by atoms with E-state index in [9.17, 15) is 4.79 Å². The normalized spacial score (nSPS) is 14.8. The van der Waals surface area contributed by atoms with E-state index in [2.05, 4.69) is 10.00 Å². The maximum Gasteiger partial charge on any atom is 0.266 e. The SMILES string of the molecule is Cl.Cn1nc(-c2ccc(OCCCN3CCCCC3)cc2)ccc1=O. The van der Waals surface area contributed by atoms with Crippen molar-refractivity contribution in [3.63, 3.8) is 0 Å². The number of hydrogen-bond acceptors (Lipinski definition) is 4. The van der Waals surface area contributed by atoms with E-state index in [1.165, 1.54) is 43.1 Å². The van der Waals surface area contributed by atoms with Gasteiger partial charge < -0.3 is 9.64 Å². The summed E-state index contributed by atoms with van der Waals surface area (Å²) in [5.74, 6) is 0.877. The fourth-order valence-corrected chi connectivity index (χ4v) is 3.04. The monoisotopic (exact) mass is 363 g/mol. The molecule has 0 bridgehead atoms. The van der Waals surface area contributed by atoms with Crippen LogP contribution in [0.2, 0.25) is 0 Å². The second kappa shape index (κ2) is 9.59.